The topological polar surface area (TPSA) is 141 Å². The third-order valence-electron chi connectivity index (χ3n) is 6.22. The van der Waals surface area contributed by atoms with Crippen molar-refractivity contribution in [1.82, 2.24) is 15.0 Å². The van der Waals surface area contributed by atoms with Crippen molar-refractivity contribution in [3.8, 4) is 5.88 Å². The van der Waals surface area contributed by atoms with Gasteiger partial charge in [0.05, 0.1) is 16.6 Å². The van der Waals surface area contributed by atoms with E-state index in [9.17, 15) is 22.8 Å². The maximum absolute atomic E-state index is 12.7. The van der Waals surface area contributed by atoms with E-state index >= 15 is 0 Å². The number of nitrogens with one attached hydrogen (secondary N) is 2. The van der Waals surface area contributed by atoms with Gasteiger partial charge in [-0.2, -0.15) is 0 Å². The molecule has 1 aromatic heterocycles. The van der Waals surface area contributed by atoms with Gasteiger partial charge in [-0.3, -0.25) is 9.59 Å². The highest BCUT2D eigenvalue weighted by molar-refractivity contribution is 7.90. The van der Waals surface area contributed by atoms with Gasteiger partial charge in [0.25, 0.3) is 15.9 Å². The fourth-order valence-corrected chi connectivity index (χ4v) is 5.17. The number of hydrogen-bond acceptors (Lipinski definition) is 8. The lowest BCUT2D eigenvalue weighted by Crippen LogP contribution is -2.30. The highest BCUT2D eigenvalue weighted by atomic mass is 32.2. The van der Waals surface area contributed by atoms with Crippen LogP contribution in [-0.2, 0) is 26.0 Å². The number of aromatic nitrogens is 1. The Morgan fingerprint density at radius 1 is 1.03 bits per heavy atom. The molecule has 1 fully saturated rings. The molecule has 10 nitrogen and oxygen atoms in total. The molecule has 1 heterocycles. The predicted octanol–water partition coefficient (Wildman–Crippen LogP) is 4.14. The fraction of sp³-hybridized carbons (Fsp3) is 0.481. The summed E-state index contributed by atoms with van der Waals surface area (Å²) in [6.07, 6.45) is 8.09. The van der Waals surface area contributed by atoms with Gasteiger partial charge < -0.3 is 14.8 Å². The molecule has 0 aliphatic heterocycles. The summed E-state index contributed by atoms with van der Waals surface area (Å²) in [7, 11) is -4.12. The minimum absolute atomic E-state index is 0.0333. The molecule has 1 aliphatic carbocycles. The summed E-state index contributed by atoms with van der Waals surface area (Å²) in [5.74, 6) is -0.267. The van der Waals surface area contributed by atoms with Crippen molar-refractivity contribution in [2.45, 2.75) is 76.2 Å². The second-order valence-corrected chi connectivity index (χ2v) is 11.3. The number of carbonyl (C=O) groups is 3. The van der Waals surface area contributed by atoms with E-state index in [1.54, 1.807) is 26.0 Å². The lowest BCUT2D eigenvalue weighted by atomic mass is 9.86. The quantitative estimate of drug-likeness (QED) is 0.401. The zero-order valence-electron chi connectivity index (χ0n) is 21.8. The van der Waals surface area contributed by atoms with Crippen LogP contribution in [0.4, 0.5) is 4.79 Å². The van der Waals surface area contributed by atoms with E-state index in [0.29, 0.717) is 25.3 Å². The van der Waals surface area contributed by atoms with Gasteiger partial charge >= 0.3 is 6.16 Å². The molecule has 2 aromatic rings. The number of hydrogen-bond donors (Lipinski definition) is 2. The highest BCUT2D eigenvalue weighted by Crippen LogP contribution is 2.27. The van der Waals surface area contributed by atoms with E-state index in [-0.39, 0.29) is 28.4 Å². The first kappa shape index (κ1) is 29.1. The smallest absolute Gasteiger partial charge is 0.431 e. The van der Waals surface area contributed by atoms with Crippen LogP contribution in [0, 0.1) is 5.92 Å². The van der Waals surface area contributed by atoms with Crippen LogP contribution in [0.5, 0.6) is 5.88 Å². The summed E-state index contributed by atoms with van der Waals surface area (Å²) in [5, 5.41) is 2.93. The molecule has 0 atom stereocenters. The maximum Gasteiger partial charge on any atom is 0.515 e. The zero-order valence-corrected chi connectivity index (χ0v) is 22.6. The van der Waals surface area contributed by atoms with Crippen molar-refractivity contribution in [3.05, 3.63) is 53.7 Å². The van der Waals surface area contributed by atoms with E-state index < -0.39 is 22.1 Å². The van der Waals surface area contributed by atoms with Crippen LogP contribution in [0.25, 0.3) is 0 Å². The summed E-state index contributed by atoms with van der Waals surface area (Å²) < 4.78 is 37.0. The van der Waals surface area contributed by atoms with Gasteiger partial charge in [0.15, 0.2) is 0 Å². The van der Waals surface area contributed by atoms with Crippen LogP contribution in [-0.4, -0.2) is 44.0 Å². The second-order valence-electron chi connectivity index (χ2n) is 9.63. The molecule has 2 amide bonds. The standard InChI is InChI=1S/C27H35N3O7S/c1-19(2)36-27(33)37-25-15-11-22(18-29-25)26(32)30-38(34,35)23-12-8-21(9-13-23)16-17-28-24(31)14-10-20-6-4-3-5-7-20/h8-9,11-13,15,18-20H,3-7,10,14,16-17H2,1-2H3,(H,28,31)(H,30,32). The van der Waals surface area contributed by atoms with Crippen LogP contribution in [0.3, 0.4) is 0 Å². The van der Waals surface area contributed by atoms with Gasteiger partial charge in [-0.15, -0.1) is 0 Å². The highest BCUT2D eigenvalue weighted by Gasteiger charge is 2.20. The van der Waals surface area contributed by atoms with Gasteiger partial charge in [0.2, 0.25) is 11.8 Å². The van der Waals surface area contributed by atoms with Crippen molar-refractivity contribution >= 4 is 28.0 Å². The van der Waals surface area contributed by atoms with E-state index in [1.165, 1.54) is 56.4 Å². The number of carbonyl (C=O) groups excluding carboxylic acids is 3. The zero-order chi connectivity index (χ0) is 27.5. The van der Waals surface area contributed by atoms with E-state index in [0.717, 1.165) is 18.2 Å². The summed E-state index contributed by atoms with van der Waals surface area (Å²) in [6.45, 7) is 3.79. The van der Waals surface area contributed by atoms with Gasteiger partial charge in [0, 0.05) is 25.2 Å². The molecule has 1 aromatic carbocycles. The van der Waals surface area contributed by atoms with Crippen molar-refractivity contribution in [1.29, 1.82) is 0 Å². The molecule has 0 saturated heterocycles. The first-order valence-electron chi connectivity index (χ1n) is 12.9. The summed E-state index contributed by atoms with van der Waals surface area (Å²) >= 11 is 0. The largest absolute Gasteiger partial charge is 0.515 e. The summed E-state index contributed by atoms with van der Waals surface area (Å²) in [5.41, 5.74) is 0.827. The third-order valence-corrected chi connectivity index (χ3v) is 7.57. The van der Waals surface area contributed by atoms with Crippen molar-refractivity contribution in [2.75, 3.05) is 6.54 Å². The van der Waals surface area contributed by atoms with E-state index in [4.69, 9.17) is 9.47 Å². The monoisotopic (exact) mass is 545 g/mol. The molecule has 38 heavy (non-hydrogen) atoms. The van der Waals surface area contributed by atoms with Gasteiger partial charge in [-0.05, 0) is 56.4 Å². The molecule has 0 spiro atoms. The molecular formula is C27H35N3O7S. The van der Waals surface area contributed by atoms with Gasteiger partial charge in [0.1, 0.15) is 0 Å². The van der Waals surface area contributed by atoms with Crippen LogP contribution in [0.1, 0.15) is 74.7 Å². The molecule has 1 aliphatic rings. The van der Waals surface area contributed by atoms with E-state index in [1.807, 2.05) is 4.72 Å². The summed E-state index contributed by atoms with van der Waals surface area (Å²) in [6, 6.07) is 8.65. The lowest BCUT2D eigenvalue weighted by molar-refractivity contribution is -0.121. The van der Waals surface area contributed by atoms with Crippen molar-refractivity contribution in [3.63, 3.8) is 0 Å². The van der Waals surface area contributed by atoms with Crippen LogP contribution < -0.4 is 14.8 Å². The number of ether oxygens (including phenoxy) is 2. The number of pyridine rings is 1. The van der Waals surface area contributed by atoms with Gasteiger partial charge in [-0.1, -0.05) is 44.2 Å². The molecule has 2 N–H and O–H groups in total. The number of benzene rings is 1. The minimum atomic E-state index is -4.12. The van der Waals surface area contributed by atoms with Gasteiger partial charge in [-0.25, -0.2) is 22.9 Å². The number of sulfonamides is 1. The van der Waals surface area contributed by atoms with Crippen molar-refractivity contribution in [2.24, 2.45) is 5.92 Å². The Labute approximate surface area is 223 Å². The van der Waals surface area contributed by atoms with Crippen LogP contribution in [0.2, 0.25) is 0 Å². The normalized spacial score (nSPS) is 14.1. The lowest BCUT2D eigenvalue weighted by Gasteiger charge is -2.20. The third kappa shape index (κ3) is 9.44. The predicted molar refractivity (Wildman–Crippen MR) is 140 cm³/mol. The molecule has 206 valence electrons. The number of amides is 2. The Morgan fingerprint density at radius 3 is 2.37 bits per heavy atom. The number of rotatable bonds is 11. The first-order valence-corrected chi connectivity index (χ1v) is 14.4. The summed E-state index contributed by atoms with van der Waals surface area (Å²) in [4.78, 5) is 39.8. The maximum atomic E-state index is 12.7. The van der Waals surface area contributed by atoms with Crippen LogP contribution >= 0.6 is 0 Å². The Balaban J connectivity index is 1.45. The second kappa shape index (κ2) is 13.9. The molecule has 0 bridgehead atoms. The minimum Gasteiger partial charge on any atom is -0.431 e. The fourth-order valence-electron chi connectivity index (χ4n) is 4.20. The van der Waals surface area contributed by atoms with E-state index in [2.05, 4.69) is 10.3 Å². The average molecular weight is 546 g/mol. The first-order chi connectivity index (χ1) is 18.1. The molecule has 1 saturated carbocycles. The Hall–Kier alpha value is -3.47. The molecule has 3 rings (SSSR count). The molecule has 0 unspecified atom stereocenters. The Kier molecular flexibility index (Phi) is 10.6. The Morgan fingerprint density at radius 2 is 1.74 bits per heavy atom. The van der Waals surface area contributed by atoms with Crippen molar-refractivity contribution < 1.29 is 32.3 Å². The van der Waals surface area contributed by atoms with Crippen LogP contribution in [0.15, 0.2) is 47.5 Å². The molecule has 11 heteroatoms. The Bertz CT molecular complexity index is 1190. The average Bonchev–Trinajstić information content (AvgIpc) is 2.88. The SMILES string of the molecule is CC(C)OC(=O)Oc1ccc(C(=O)NS(=O)(=O)c2ccc(CCNC(=O)CCC3CCCCC3)cc2)cn1. The molecule has 0 radical (unpaired) electrons. The number of nitrogens with zero attached hydrogens (tertiary/aromatic N) is 1. The molecular weight excluding hydrogens is 510 g/mol.